The second-order valence-electron chi connectivity index (χ2n) is 2.85. The van der Waals surface area contributed by atoms with Crippen molar-refractivity contribution in [2.75, 3.05) is 5.32 Å². The maximum atomic E-state index is 5.66. The van der Waals surface area contributed by atoms with Gasteiger partial charge in [-0.3, -0.25) is 0 Å². The lowest BCUT2D eigenvalue weighted by Crippen LogP contribution is -1.98. The van der Waals surface area contributed by atoms with E-state index in [0.717, 1.165) is 11.3 Å². The first kappa shape index (κ1) is 9.09. The van der Waals surface area contributed by atoms with Gasteiger partial charge in [-0.15, -0.1) is 0 Å². The summed E-state index contributed by atoms with van der Waals surface area (Å²) < 4.78 is 4.92. The highest BCUT2D eigenvalue weighted by atomic mass is 35.5. The number of nitrogens with one attached hydrogen (secondary N) is 1. The van der Waals surface area contributed by atoms with E-state index in [1.165, 1.54) is 0 Å². The molecule has 0 amide bonds. The Balaban J connectivity index is 1.95. The molecule has 2 aromatic heterocycles. The number of halogens is 1. The summed E-state index contributed by atoms with van der Waals surface area (Å²) in [6.45, 7) is 0.712. The zero-order valence-electron chi connectivity index (χ0n) is 7.40. The minimum atomic E-state index is 0.511. The molecule has 0 atom stereocenters. The predicted molar refractivity (Wildman–Crippen MR) is 55.3 cm³/mol. The average molecular weight is 209 g/mol. The van der Waals surface area contributed by atoms with E-state index < -0.39 is 0 Å². The Hall–Kier alpha value is -1.48. The van der Waals surface area contributed by atoms with Crippen LogP contribution in [0.3, 0.4) is 0 Å². The summed E-state index contributed by atoms with van der Waals surface area (Å²) >= 11 is 5.66. The quantitative estimate of drug-likeness (QED) is 0.789. The van der Waals surface area contributed by atoms with Gasteiger partial charge >= 0.3 is 0 Å². The van der Waals surface area contributed by atoms with Crippen LogP contribution in [0.4, 0.5) is 5.69 Å². The molecule has 2 heterocycles. The fourth-order valence-corrected chi connectivity index (χ4v) is 1.19. The van der Waals surface area contributed by atoms with Crippen LogP contribution in [0.5, 0.6) is 0 Å². The standard InChI is InChI=1S/C10H9ClN2O/c11-10-2-1-8(6-13-10)5-12-9-3-4-14-7-9/h1-4,6-7,12H,5H2. The van der Waals surface area contributed by atoms with Crippen LogP contribution in [-0.2, 0) is 6.54 Å². The number of hydrogen-bond donors (Lipinski definition) is 1. The first-order valence-corrected chi connectivity index (χ1v) is 4.59. The SMILES string of the molecule is Clc1ccc(CNc2ccoc2)cn1. The number of aromatic nitrogens is 1. The highest BCUT2D eigenvalue weighted by Gasteiger charge is 1.95. The van der Waals surface area contributed by atoms with Crippen molar-refractivity contribution in [2.45, 2.75) is 6.54 Å². The number of furan rings is 1. The van der Waals surface area contributed by atoms with Crippen molar-refractivity contribution in [2.24, 2.45) is 0 Å². The van der Waals surface area contributed by atoms with Crippen molar-refractivity contribution in [1.29, 1.82) is 0 Å². The van der Waals surface area contributed by atoms with Crippen LogP contribution in [0.25, 0.3) is 0 Å². The Morgan fingerprint density at radius 3 is 2.93 bits per heavy atom. The van der Waals surface area contributed by atoms with Crippen LogP contribution in [0.2, 0.25) is 5.15 Å². The molecule has 2 aromatic rings. The van der Waals surface area contributed by atoms with Gasteiger partial charge in [-0.1, -0.05) is 17.7 Å². The second kappa shape index (κ2) is 4.15. The van der Waals surface area contributed by atoms with Crippen molar-refractivity contribution < 1.29 is 4.42 Å². The zero-order chi connectivity index (χ0) is 9.80. The molecule has 0 aliphatic carbocycles. The Bertz CT molecular complexity index is 383. The maximum Gasteiger partial charge on any atom is 0.129 e. The molecule has 0 unspecified atom stereocenters. The van der Waals surface area contributed by atoms with Gasteiger partial charge in [-0.25, -0.2) is 4.98 Å². The highest BCUT2D eigenvalue weighted by molar-refractivity contribution is 6.29. The third kappa shape index (κ3) is 2.26. The van der Waals surface area contributed by atoms with Gasteiger partial charge in [0.15, 0.2) is 0 Å². The van der Waals surface area contributed by atoms with Gasteiger partial charge < -0.3 is 9.73 Å². The molecule has 0 aliphatic rings. The predicted octanol–water partition coefficient (Wildman–Crippen LogP) is 2.94. The van der Waals surface area contributed by atoms with E-state index in [0.29, 0.717) is 11.7 Å². The summed E-state index contributed by atoms with van der Waals surface area (Å²) in [5.74, 6) is 0. The molecule has 0 aliphatic heterocycles. The molecular formula is C10H9ClN2O. The Labute approximate surface area is 86.7 Å². The van der Waals surface area contributed by atoms with E-state index in [1.807, 2.05) is 12.1 Å². The molecule has 2 rings (SSSR count). The topological polar surface area (TPSA) is 38.1 Å². The first-order chi connectivity index (χ1) is 6.84. The van der Waals surface area contributed by atoms with Gasteiger partial charge in [-0.05, 0) is 17.7 Å². The van der Waals surface area contributed by atoms with Crippen LogP contribution >= 0.6 is 11.6 Å². The smallest absolute Gasteiger partial charge is 0.129 e. The lowest BCUT2D eigenvalue weighted by atomic mass is 10.3. The normalized spacial score (nSPS) is 10.1. The molecule has 3 nitrogen and oxygen atoms in total. The number of rotatable bonds is 3. The molecule has 0 aromatic carbocycles. The zero-order valence-corrected chi connectivity index (χ0v) is 8.16. The van der Waals surface area contributed by atoms with Gasteiger partial charge in [0.1, 0.15) is 11.4 Å². The fourth-order valence-electron chi connectivity index (χ4n) is 1.08. The average Bonchev–Trinajstić information content (AvgIpc) is 2.70. The summed E-state index contributed by atoms with van der Waals surface area (Å²) in [7, 11) is 0. The molecule has 0 spiro atoms. The largest absolute Gasteiger partial charge is 0.470 e. The first-order valence-electron chi connectivity index (χ1n) is 4.21. The van der Waals surface area contributed by atoms with Gasteiger partial charge in [-0.2, -0.15) is 0 Å². The van der Waals surface area contributed by atoms with E-state index in [9.17, 15) is 0 Å². The maximum absolute atomic E-state index is 5.66. The molecule has 0 fully saturated rings. The number of pyridine rings is 1. The Morgan fingerprint density at radius 2 is 2.29 bits per heavy atom. The number of anilines is 1. The number of hydrogen-bond acceptors (Lipinski definition) is 3. The molecule has 0 saturated carbocycles. The molecule has 72 valence electrons. The lowest BCUT2D eigenvalue weighted by Gasteiger charge is -2.02. The summed E-state index contributed by atoms with van der Waals surface area (Å²) in [5, 5.41) is 3.69. The molecule has 1 N–H and O–H groups in total. The van der Waals surface area contributed by atoms with Crippen molar-refractivity contribution >= 4 is 17.3 Å². The number of nitrogens with zero attached hydrogens (tertiary/aromatic N) is 1. The third-order valence-electron chi connectivity index (χ3n) is 1.81. The van der Waals surface area contributed by atoms with E-state index in [1.54, 1.807) is 24.8 Å². The van der Waals surface area contributed by atoms with Crippen LogP contribution in [-0.4, -0.2) is 4.98 Å². The van der Waals surface area contributed by atoms with Gasteiger partial charge in [0.25, 0.3) is 0 Å². The molecule has 0 saturated heterocycles. The lowest BCUT2D eigenvalue weighted by molar-refractivity contribution is 0.568. The van der Waals surface area contributed by atoms with Crippen LogP contribution in [0.1, 0.15) is 5.56 Å². The summed E-state index contributed by atoms with van der Waals surface area (Å²) in [5.41, 5.74) is 2.04. The van der Waals surface area contributed by atoms with Crippen molar-refractivity contribution in [3.63, 3.8) is 0 Å². The van der Waals surface area contributed by atoms with E-state index in [4.69, 9.17) is 16.0 Å². The van der Waals surface area contributed by atoms with Gasteiger partial charge in [0.2, 0.25) is 0 Å². The van der Waals surface area contributed by atoms with E-state index >= 15 is 0 Å². The molecule has 4 heteroatoms. The Kier molecular flexibility index (Phi) is 2.70. The molecular weight excluding hydrogens is 200 g/mol. The highest BCUT2D eigenvalue weighted by Crippen LogP contribution is 2.10. The third-order valence-corrected chi connectivity index (χ3v) is 2.03. The Morgan fingerprint density at radius 1 is 1.36 bits per heavy atom. The minimum absolute atomic E-state index is 0.511. The molecule has 0 bridgehead atoms. The van der Waals surface area contributed by atoms with Gasteiger partial charge in [0.05, 0.1) is 12.0 Å². The van der Waals surface area contributed by atoms with Crippen LogP contribution < -0.4 is 5.32 Å². The molecule has 0 radical (unpaired) electrons. The van der Waals surface area contributed by atoms with Gasteiger partial charge in [0, 0.05) is 12.7 Å². The fraction of sp³-hybridized carbons (Fsp3) is 0.100. The second-order valence-corrected chi connectivity index (χ2v) is 3.24. The van der Waals surface area contributed by atoms with E-state index in [2.05, 4.69) is 10.3 Å². The monoisotopic (exact) mass is 208 g/mol. The van der Waals surface area contributed by atoms with Crippen LogP contribution in [0.15, 0.2) is 41.3 Å². The molecule has 14 heavy (non-hydrogen) atoms. The van der Waals surface area contributed by atoms with Crippen molar-refractivity contribution in [3.05, 3.63) is 47.6 Å². The van der Waals surface area contributed by atoms with Crippen LogP contribution in [0, 0.1) is 0 Å². The van der Waals surface area contributed by atoms with Crippen molar-refractivity contribution in [3.8, 4) is 0 Å². The van der Waals surface area contributed by atoms with Crippen molar-refractivity contribution in [1.82, 2.24) is 4.98 Å². The summed E-state index contributed by atoms with van der Waals surface area (Å²) in [6, 6.07) is 5.57. The minimum Gasteiger partial charge on any atom is -0.470 e. The summed E-state index contributed by atoms with van der Waals surface area (Å²) in [6.07, 6.45) is 5.03. The summed E-state index contributed by atoms with van der Waals surface area (Å²) in [4.78, 5) is 3.98. The van der Waals surface area contributed by atoms with E-state index in [-0.39, 0.29) is 0 Å².